The van der Waals surface area contributed by atoms with Crippen molar-refractivity contribution in [3.05, 3.63) is 59.9 Å². The summed E-state index contributed by atoms with van der Waals surface area (Å²) in [6.45, 7) is 4.41. The van der Waals surface area contributed by atoms with Crippen LogP contribution in [0.2, 0.25) is 0 Å². The molecule has 152 valence electrons. The van der Waals surface area contributed by atoms with Gasteiger partial charge in [-0.25, -0.2) is 0 Å². The zero-order valence-electron chi connectivity index (χ0n) is 16.9. The van der Waals surface area contributed by atoms with E-state index < -0.39 is 0 Å². The van der Waals surface area contributed by atoms with Gasteiger partial charge in [0.05, 0.1) is 26.0 Å². The van der Waals surface area contributed by atoms with Crippen molar-refractivity contribution >= 4 is 23.4 Å². The number of rotatable bonds is 8. The summed E-state index contributed by atoms with van der Waals surface area (Å²) >= 11 is 1.38. The number of hydrogen-bond donors (Lipinski definition) is 1. The van der Waals surface area contributed by atoms with Gasteiger partial charge in [-0.15, -0.1) is 10.2 Å². The first-order chi connectivity index (χ1) is 14.0. The van der Waals surface area contributed by atoms with Crippen LogP contribution in [0.1, 0.15) is 18.3 Å². The Hall–Kier alpha value is -3.00. The highest BCUT2D eigenvalue weighted by Gasteiger charge is 2.20. The summed E-state index contributed by atoms with van der Waals surface area (Å²) in [6.07, 6.45) is 0. The average molecular weight is 413 g/mol. The van der Waals surface area contributed by atoms with Gasteiger partial charge < -0.3 is 19.4 Å². The highest BCUT2D eigenvalue weighted by atomic mass is 32.2. The van der Waals surface area contributed by atoms with E-state index in [2.05, 4.69) is 27.6 Å². The third-order valence-electron chi connectivity index (χ3n) is 4.39. The van der Waals surface area contributed by atoms with Crippen LogP contribution in [0.3, 0.4) is 0 Å². The van der Waals surface area contributed by atoms with E-state index in [1.807, 2.05) is 36.6 Å². The molecule has 1 aromatic heterocycles. The number of ether oxygens (including phenoxy) is 2. The predicted molar refractivity (Wildman–Crippen MR) is 114 cm³/mol. The lowest BCUT2D eigenvalue weighted by Crippen LogP contribution is -2.23. The van der Waals surface area contributed by atoms with E-state index in [0.717, 1.165) is 11.4 Å². The van der Waals surface area contributed by atoms with Crippen LogP contribution in [-0.2, 0) is 11.3 Å². The molecule has 3 rings (SSSR count). The molecule has 29 heavy (non-hydrogen) atoms. The molecule has 1 amide bonds. The van der Waals surface area contributed by atoms with Crippen LogP contribution in [0.25, 0.3) is 0 Å². The SMILES string of the molecule is COc1ccc(NC(=O)[C@H](C)Sc2nnc(C)n2Cc2ccccc2)cc1OC. The van der Waals surface area contributed by atoms with Gasteiger partial charge in [0, 0.05) is 11.8 Å². The monoisotopic (exact) mass is 412 g/mol. The number of amides is 1. The maximum absolute atomic E-state index is 12.7. The molecular weight excluding hydrogens is 388 g/mol. The molecule has 7 nitrogen and oxygen atoms in total. The van der Waals surface area contributed by atoms with Gasteiger partial charge in [0.25, 0.3) is 0 Å². The van der Waals surface area contributed by atoms with Gasteiger partial charge in [-0.05, 0) is 31.5 Å². The van der Waals surface area contributed by atoms with Gasteiger partial charge in [0.1, 0.15) is 5.82 Å². The summed E-state index contributed by atoms with van der Waals surface area (Å²) in [5, 5.41) is 11.7. The molecule has 1 heterocycles. The molecular formula is C21H24N4O3S. The molecule has 0 aliphatic carbocycles. The van der Waals surface area contributed by atoms with Gasteiger partial charge in [-0.1, -0.05) is 42.1 Å². The first kappa shape index (κ1) is 20.7. The second-order valence-electron chi connectivity index (χ2n) is 6.42. The molecule has 0 bridgehead atoms. The Balaban J connectivity index is 1.69. The predicted octanol–water partition coefficient (Wildman–Crippen LogP) is 3.77. The summed E-state index contributed by atoms with van der Waals surface area (Å²) in [5.74, 6) is 1.85. The number of hydrogen-bond acceptors (Lipinski definition) is 6. The summed E-state index contributed by atoms with van der Waals surface area (Å²) in [7, 11) is 3.13. The standard InChI is InChI=1S/C21H24N4O3S/c1-14(20(26)22-17-10-11-18(27-3)19(12-17)28-4)29-21-24-23-15(2)25(21)13-16-8-6-5-7-9-16/h5-12,14H,13H2,1-4H3,(H,22,26)/t14-/m0/s1. The summed E-state index contributed by atoms with van der Waals surface area (Å²) in [4.78, 5) is 12.7. The van der Waals surface area contributed by atoms with E-state index in [0.29, 0.717) is 28.9 Å². The van der Waals surface area contributed by atoms with Crippen molar-refractivity contribution in [1.29, 1.82) is 0 Å². The van der Waals surface area contributed by atoms with E-state index in [1.165, 1.54) is 11.8 Å². The lowest BCUT2D eigenvalue weighted by Gasteiger charge is -2.14. The molecule has 8 heteroatoms. The number of nitrogens with one attached hydrogen (secondary N) is 1. The molecule has 1 atom stereocenters. The van der Waals surface area contributed by atoms with Crippen molar-refractivity contribution in [2.45, 2.75) is 30.8 Å². The molecule has 3 aromatic rings. The highest BCUT2D eigenvalue weighted by Crippen LogP contribution is 2.30. The van der Waals surface area contributed by atoms with Crippen molar-refractivity contribution in [2.24, 2.45) is 0 Å². The van der Waals surface area contributed by atoms with E-state index >= 15 is 0 Å². The lowest BCUT2D eigenvalue weighted by atomic mass is 10.2. The number of thioether (sulfide) groups is 1. The smallest absolute Gasteiger partial charge is 0.237 e. The maximum atomic E-state index is 12.7. The van der Waals surface area contributed by atoms with Crippen molar-refractivity contribution in [3.8, 4) is 11.5 Å². The van der Waals surface area contributed by atoms with Gasteiger partial charge in [0.15, 0.2) is 16.7 Å². The van der Waals surface area contributed by atoms with Crippen LogP contribution >= 0.6 is 11.8 Å². The maximum Gasteiger partial charge on any atom is 0.237 e. The van der Waals surface area contributed by atoms with Crippen molar-refractivity contribution in [1.82, 2.24) is 14.8 Å². The Bertz CT molecular complexity index is 975. The van der Waals surface area contributed by atoms with Crippen LogP contribution in [0, 0.1) is 6.92 Å². The van der Waals surface area contributed by atoms with Crippen LogP contribution in [0.15, 0.2) is 53.7 Å². The van der Waals surface area contributed by atoms with Crippen molar-refractivity contribution in [3.63, 3.8) is 0 Å². The fourth-order valence-electron chi connectivity index (χ4n) is 2.77. The number of anilines is 1. The molecule has 0 radical (unpaired) electrons. The topological polar surface area (TPSA) is 78.3 Å². The van der Waals surface area contributed by atoms with Crippen molar-refractivity contribution in [2.75, 3.05) is 19.5 Å². The highest BCUT2D eigenvalue weighted by molar-refractivity contribution is 8.00. The quantitative estimate of drug-likeness (QED) is 0.568. The van der Waals surface area contributed by atoms with E-state index in [1.54, 1.807) is 32.4 Å². The first-order valence-electron chi connectivity index (χ1n) is 9.15. The molecule has 0 saturated carbocycles. The largest absolute Gasteiger partial charge is 0.493 e. The zero-order chi connectivity index (χ0) is 20.8. The van der Waals surface area contributed by atoms with Gasteiger partial charge in [-0.3, -0.25) is 4.79 Å². The van der Waals surface area contributed by atoms with Crippen molar-refractivity contribution < 1.29 is 14.3 Å². The summed E-state index contributed by atoms with van der Waals surface area (Å²) in [6, 6.07) is 15.4. The minimum atomic E-state index is -0.360. The fourth-order valence-corrected chi connectivity index (χ4v) is 3.66. The van der Waals surface area contributed by atoms with Crippen LogP contribution in [-0.4, -0.2) is 40.1 Å². The first-order valence-corrected chi connectivity index (χ1v) is 10.0. The molecule has 2 aromatic carbocycles. The number of benzene rings is 2. The Kier molecular flexibility index (Phi) is 6.77. The summed E-state index contributed by atoms with van der Waals surface area (Å²) < 4.78 is 12.5. The molecule has 0 aliphatic rings. The fraction of sp³-hybridized carbons (Fsp3) is 0.286. The molecule has 0 spiro atoms. The Morgan fingerprint density at radius 1 is 1.10 bits per heavy atom. The molecule has 1 N–H and O–H groups in total. The van der Waals surface area contributed by atoms with E-state index in [4.69, 9.17) is 9.47 Å². The third-order valence-corrected chi connectivity index (χ3v) is 5.47. The van der Waals surface area contributed by atoms with Gasteiger partial charge >= 0.3 is 0 Å². The molecule has 0 unspecified atom stereocenters. The minimum Gasteiger partial charge on any atom is -0.493 e. The number of nitrogens with zero attached hydrogens (tertiary/aromatic N) is 3. The average Bonchev–Trinajstić information content (AvgIpc) is 3.07. The van der Waals surface area contributed by atoms with E-state index in [9.17, 15) is 4.79 Å². The normalized spacial score (nSPS) is 11.7. The minimum absolute atomic E-state index is 0.130. The summed E-state index contributed by atoms with van der Waals surface area (Å²) in [5.41, 5.74) is 1.79. The number of aromatic nitrogens is 3. The van der Waals surface area contributed by atoms with Crippen LogP contribution in [0.5, 0.6) is 11.5 Å². The number of aryl methyl sites for hydroxylation is 1. The van der Waals surface area contributed by atoms with Gasteiger partial charge in [-0.2, -0.15) is 0 Å². The number of carbonyl (C=O) groups excluding carboxylic acids is 1. The lowest BCUT2D eigenvalue weighted by molar-refractivity contribution is -0.115. The Morgan fingerprint density at radius 3 is 2.52 bits per heavy atom. The van der Waals surface area contributed by atoms with E-state index in [-0.39, 0.29) is 11.2 Å². The number of carbonyl (C=O) groups is 1. The zero-order valence-corrected chi connectivity index (χ0v) is 17.7. The third kappa shape index (κ3) is 5.08. The number of methoxy groups -OCH3 is 2. The van der Waals surface area contributed by atoms with Gasteiger partial charge in [0.2, 0.25) is 5.91 Å². The molecule has 0 fully saturated rings. The Labute approximate surface area is 174 Å². The van der Waals surface area contributed by atoms with Crippen LogP contribution < -0.4 is 14.8 Å². The molecule has 0 aliphatic heterocycles. The second kappa shape index (κ2) is 9.47. The molecule has 0 saturated heterocycles. The Morgan fingerprint density at radius 2 is 1.83 bits per heavy atom. The second-order valence-corrected chi connectivity index (χ2v) is 7.73. The van der Waals surface area contributed by atoms with Crippen LogP contribution in [0.4, 0.5) is 5.69 Å².